The zero-order chi connectivity index (χ0) is 12.8. The number of hydrogen-bond acceptors (Lipinski definition) is 4. The van der Waals surface area contributed by atoms with Gasteiger partial charge in [0.15, 0.2) is 0 Å². The lowest BCUT2D eigenvalue weighted by atomic mass is 10.1. The molecule has 1 rings (SSSR count). The molecule has 0 aliphatic heterocycles. The van der Waals surface area contributed by atoms with Crippen LogP contribution in [0.3, 0.4) is 0 Å². The average molecular weight is 237 g/mol. The Labute approximate surface area is 102 Å². The summed E-state index contributed by atoms with van der Waals surface area (Å²) in [5.41, 5.74) is 3.27. The van der Waals surface area contributed by atoms with Crippen molar-refractivity contribution in [3.63, 3.8) is 0 Å². The third-order valence-corrected chi connectivity index (χ3v) is 2.69. The third kappa shape index (κ3) is 3.66. The number of aryl methyl sites for hydroxylation is 2. The molecule has 0 unspecified atom stereocenters. The number of nitrogens with one attached hydrogen (secondary N) is 1. The van der Waals surface area contributed by atoms with E-state index in [1.54, 1.807) is 7.11 Å². The summed E-state index contributed by atoms with van der Waals surface area (Å²) in [6, 6.07) is 4.00. The van der Waals surface area contributed by atoms with Crippen molar-refractivity contribution < 1.29 is 14.3 Å². The number of carbonyl (C=O) groups excluding carboxylic acids is 1. The van der Waals surface area contributed by atoms with Gasteiger partial charge in [0.05, 0.1) is 26.3 Å². The molecule has 0 saturated heterocycles. The molecule has 1 aromatic rings. The normalized spacial score (nSPS) is 9.88. The highest BCUT2D eigenvalue weighted by Crippen LogP contribution is 2.27. The maximum Gasteiger partial charge on any atom is 0.307 e. The predicted molar refractivity (Wildman–Crippen MR) is 67.6 cm³/mol. The van der Waals surface area contributed by atoms with Crippen LogP contribution in [-0.4, -0.2) is 26.7 Å². The fourth-order valence-electron chi connectivity index (χ4n) is 1.50. The average Bonchev–Trinajstić information content (AvgIpc) is 2.32. The number of ether oxygens (including phenoxy) is 2. The molecule has 0 amide bonds. The highest BCUT2D eigenvalue weighted by Gasteiger charge is 2.06. The van der Waals surface area contributed by atoms with Gasteiger partial charge in [0, 0.05) is 6.54 Å². The number of hydrogen-bond donors (Lipinski definition) is 1. The minimum absolute atomic E-state index is 0.222. The molecule has 0 atom stereocenters. The van der Waals surface area contributed by atoms with Crippen molar-refractivity contribution in [3.05, 3.63) is 23.3 Å². The Morgan fingerprint density at radius 1 is 1.24 bits per heavy atom. The summed E-state index contributed by atoms with van der Waals surface area (Å²) in [6.45, 7) is 4.61. The number of methoxy groups -OCH3 is 2. The summed E-state index contributed by atoms with van der Waals surface area (Å²) in [6.07, 6.45) is 0.340. The van der Waals surface area contributed by atoms with Gasteiger partial charge in [-0.2, -0.15) is 0 Å². The molecule has 94 valence electrons. The number of rotatable bonds is 5. The first-order valence-electron chi connectivity index (χ1n) is 5.54. The summed E-state index contributed by atoms with van der Waals surface area (Å²) in [7, 11) is 3.02. The van der Waals surface area contributed by atoms with Crippen molar-refractivity contribution in [2.24, 2.45) is 0 Å². The van der Waals surface area contributed by atoms with E-state index in [2.05, 4.69) is 10.1 Å². The van der Waals surface area contributed by atoms with Crippen molar-refractivity contribution in [1.29, 1.82) is 0 Å². The van der Waals surface area contributed by atoms with Gasteiger partial charge < -0.3 is 14.8 Å². The lowest BCUT2D eigenvalue weighted by Gasteiger charge is -2.13. The molecule has 0 heterocycles. The highest BCUT2D eigenvalue weighted by molar-refractivity contribution is 5.70. The lowest BCUT2D eigenvalue weighted by Crippen LogP contribution is -2.10. The van der Waals surface area contributed by atoms with E-state index >= 15 is 0 Å². The van der Waals surface area contributed by atoms with Crippen LogP contribution in [0.1, 0.15) is 17.5 Å². The zero-order valence-electron chi connectivity index (χ0n) is 10.8. The SMILES string of the molecule is COC(=O)CCNc1cc(C)c(C)cc1OC. The van der Waals surface area contributed by atoms with Gasteiger partial charge in [0.25, 0.3) is 0 Å². The molecule has 17 heavy (non-hydrogen) atoms. The smallest absolute Gasteiger partial charge is 0.307 e. The minimum atomic E-state index is -0.222. The van der Waals surface area contributed by atoms with Gasteiger partial charge in [-0.15, -0.1) is 0 Å². The molecule has 0 bridgehead atoms. The van der Waals surface area contributed by atoms with Crippen LogP contribution in [0.4, 0.5) is 5.69 Å². The van der Waals surface area contributed by atoms with Crippen molar-refractivity contribution in [2.75, 3.05) is 26.1 Å². The Morgan fingerprint density at radius 2 is 1.88 bits per heavy atom. The van der Waals surface area contributed by atoms with Crippen LogP contribution in [0, 0.1) is 13.8 Å². The molecule has 1 N–H and O–H groups in total. The van der Waals surface area contributed by atoms with E-state index < -0.39 is 0 Å². The number of carbonyl (C=O) groups is 1. The molecule has 4 nitrogen and oxygen atoms in total. The first kappa shape index (κ1) is 13.4. The molecule has 0 radical (unpaired) electrons. The third-order valence-electron chi connectivity index (χ3n) is 2.69. The van der Waals surface area contributed by atoms with Gasteiger partial charge >= 0.3 is 5.97 Å². The Bertz CT molecular complexity index is 402. The number of esters is 1. The highest BCUT2D eigenvalue weighted by atomic mass is 16.5. The molecular formula is C13H19NO3. The van der Waals surface area contributed by atoms with Gasteiger partial charge in [-0.25, -0.2) is 0 Å². The van der Waals surface area contributed by atoms with Crippen LogP contribution in [0.2, 0.25) is 0 Å². The van der Waals surface area contributed by atoms with Gasteiger partial charge in [-0.05, 0) is 37.1 Å². The Kier molecular flexibility index (Phi) is 4.82. The molecule has 0 aromatic heterocycles. The van der Waals surface area contributed by atoms with E-state index in [1.165, 1.54) is 18.2 Å². The first-order valence-corrected chi connectivity index (χ1v) is 5.54. The van der Waals surface area contributed by atoms with Crippen LogP contribution < -0.4 is 10.1 Å². The van der Waals surface area contributed by atoms with Gasteiger partial charge in [-0.3, -0.25) is 4.79 Å². The topological polar surface area (TPSA) is 47.6 Å². The fourth-order valence-corrected chi connectivity index (χ4v) is 1.50. The zero-order valence-corrected chi connectivity index (χ0v) is 10.8. The van der Waals surface area contributed by atoms with Gasteiger partial charge in [0.2, 0.25) is 0 Å². The molecule has 0 fully saturated rings. The molecule has 0 aliphatic rings. The van der Waals surface area contributed by atoms with Crippen molar-refractivity contribution in [3.8, 4) is 5.75 Å². The summed E-state index contributed by atoms with van der Waals surface area (Å²) in [4.78, 5) is 11.0. The van der Waals surface area contributed by atoms with E-state index in [0.717, 1.165) is 11.4 Å². The van der Waals surface area contributed by atoms with Crippen LogP contribution in [-0.2, 0) is 9.53 Å². The molecule has 4 heteroatoms. The lowest BCUT2D eigenvalue weighted by molar-refractivity contribution is -0.140. The van der Waals surface area contributed by atoms with E-state index in [1.807, 2.05) is 26.0 Å². The Hall–Kier alpha value is -1.71. The second-order valence-electron chi connectivity index (χ2n) is 3.89. The molecule has 0 aliphatic carbocycles. The van der Waals surface area contributed by atoms with E-state index in [-0.39, 0.29) is 5.97 Å². The Balaban J connectivity index is 2.69. The van der Waals surface area contributed by atoms with Crippen LogP contribution in [0.5, 0.6) is 5.75 Å². The van der Waals surface area contributed by atoms with E-state index in [0.29, 0.717) is 13.0 Å². The summed E-state index contributed by atoms with van der Waals surface area (Å²) < 4.78 is 9.86. The standard InChI is InChI=1S/C13H19NO3/c1-9-7-11(12(16-3)8-10(9)2)14-6-5-13(15)17-4/h7-8,14H,5-6H2,1-4H3. The Morgan fingerprint density at radius 3 is 2.47 bits per heavy atom. The van der Waals surface area contributed by atoms with E-state index in [9.17, 15) is 4.79 Å². The van der Waals surface area contributed by atoms with Crippen LogP contribution in [0.15, 0.2) is 12.1 Å². The second kappa shape index (κ2) is 6.13. The maximum absolute atomic E-state index is 11.0. The van der Waals surface area contributed by atoms with Crippen molar-refractivity contribution in [2.45, 2.75) is 20.3 Å². The van der Waals surface area contributed by atoms with Crippen LogP contribution >= 0.6 is 0 Å². The molecular weight excluding hydrogens is 218 g/mol. The molecule has 0 spiro atoms. The summed E-state index contributed by atoms with van der Waals surface area (Å²) in [5.74, 6) is 0.568. The van der Waals surface area contributed by atoms with Gasteiger partial charge in [-0.1, -0.05) is 0 Å². The van der Waals surface area contributed by atoms with Gasteiger partial charge in [0.1, 0.15) is 5.75 Å². The summed E-state index contributed by atoms with van der Waals surface area (Å²) in [5, 5.41) is 3.17. The molecule has 1 aromatic carbocycles. The molecule has 0 saturated carbocycles. The minimum Gasteiger partial charge on any atom is -0.495 e. The van der Waals surface area contributed by atoms with Crippen molar-refractivity contribution in [1.82, 2.24) is 0 Å². The monoisotopic (exact) mass is 237 g/mol. The predicted octanol–water partition coefficient (Wildman–Crippen LogP) is 2.29. The number of benzene rings is 1. The van der Waals surface area contributed by atoms with E-state index in [4.69, 9.17) is 4.74 Å². The maximum atomic E-state index is 11.0. The largest absolute Gasteiger partial charge is 0.495 e. The van der Waals surface area contributed by atoms with Crippen molar-refractivity contribution >= 4 is 11.7 Å². The van der Waals surface area contributed by atoms with Crippen LogP contribution in [0.25, 0.3) is 0 Å². The summed E-state index contributed by atoms with van der Waals surface area (Å²) >= 11 is 0. The quantitative estimate of drug-likeness (QED) is 0.798. The first-order chi connectivity index (χ1) is 8.08. The fraction of sp³-hybridized carbons (Fsp3) is 0.462. The second-order valence-corrected chi connectivity index (χ2v) is 3.89. The number of anilines is 1.